The summed E-state index contributed by atoms with van der Waals surface area (Å²) in [5.74, 6) is 0.476. The summed E-state index contributed by atoms with van der Waals surface area (Å²) in [5, 5.41) is 4.85. The van der Waals surface area contributed by atoms with Crippen LogP contribution in [0.4, 0.5) is 13.2 Å². The van der Waals surface area contributed by atoms with Gasteiger partial charge in [-0.25, -0.2) is 0 Å². The number of hydrogen-bond acceptors (Lipinski definition) is 5. The molecule has 6 nitrogen and oxygen atoms in total. The van der Waals surface area contributed by atoms with E-state index in [1.165, 1.54) is 6.21 Å². The largest absolute Gasteiger partial charge is 0.407 e. The number of allylic oxidation sites excluding steroid dienone is 2. The number of carbonyl (C=O) groups is 1. The molecule has 1 amide bonds. The lowest BCUT2D eigenvalue weighted by atomic mass is 9.75. The molecule has 9 heteroatoms. The number of amides is 1. The monoisotopic (exact) mass is 433 g/mol. The summed E-state index contributed by atoms with van der Waals surface area (Å²) in [7, 11) is 0. The molecule has 0 aromatic heterocycles. The maximum atomic E-state index is 13.1. The van der Waals surface area contributed by atoms with Gasteiger partial charge in [-0.3, -0.25) is 19.8 Å². The topological polar surface area (TPSA) is 60.6 Å². The maximum Gasteiger partial charge on any atom is 0.407 e. The van der Waals surface area contributed by atoms with Gasteiger partial charge in [0.1, 0.15) is 6.54 Å². The number of aliphatic imine (C=N–C) groups is 2. The Morgan fingerprint density at radius 1 is 1.13 bits per heavy atom. The van der Waals surface area contributed by atoms with Crippen molar-refractivity contribution >= 4 is 24.0 Å². The van der Waals surface area contributed by atoms with E-state index in [2.05, 4.69) is 30.3 Å². The van der Waals surface area contributed by atoms with Gasteiger partial charge in [0.2, 0.25) is 5.91 Å². The minimum atomic E-state index is -4.31. The predicted molar refractivity (Wildman–Crippen MR) is 112 cm³/mol. The fourth-order valence-electron chi connectivity index (χ4n) is 5.53. The number of alkyl halides is 3. The summed E-state index contributed by atoms with van der Waals surface area (Å²) in [6.45, 7) is 1.43. The van der Waals surface area contributed by atoms with Crippen molar-refractivity contribution in [3.8, 4) is 0 Å². The Balaban J connectivity index is 1.29. The van der Waals surface area contributed by atoms with Gasteiger partial charge >= 0.3 is 6.18 Å². The molecule has 4 heterocycles. The molecule has 0 aromatic carbocycles. The van der Waals surface area contributed by atoms with Crippen LogP contribution < -0.4 is 0 Å². The first-order valence-corrected chi connectivity index (χ1v) is 10.9. The van der Waals surface area contributed by atoms with Crippen molar-refractivity contribution in [2.24, 2.45) is 38.8 Å². The highest BCUT2D eigenvalue weighted by atomic mass is 19.4. The second-order valence-corrected chi connectivity index (χ2v) is 9.26. The van der Waals surface area contributed by atoms with Gasteiger partial charge in [-0.15, -0.1) is 0 Å². The van der Waals surface area contributed by atoms with Crippen molar-refractivity contribution in [1.29, 1.82) is 0 Å². The minimum absolute atomic E-state index is 0.0345. The second-order valence-electron chi connectivity index (χ2n) is 9.26. The summed E-state index contributed by atoms with van der Waals surface area (Å²) in [6, 6.07) is -0.130. The van der Waals surface area contributed by atoms with Crippen LogP contribution in [-0.4, -0.2) is 77.9 Å². The average Bonchev–Trinajstić information content (AvgIpc) is 3.30. The highest BCUT2D eigenvalue weighted by Crippen LogP contribution is 2.38. The van der Waals surface area contributed by atoms with E-state index in [4.69, 9.17) is 9.98 Å². The van der Waals surface area contributed by atoms with Gasteiger partial charge in [0.15, 0.2) is 0 Å². The Labute approximate surface area is 179 Å². The summed E-state index contributed by atoms with van der Waals surface area (Å²) >= 11 is 0. The lowest BCUT2D eigenvalue weighted by molar-refractivity contribution is -0.146. The SMILES string of the molecule is CC1CC(C2C=NC3C=CC=CC3C2)N=C2CN(C3C=NN(CC(F)(F)F)C3)C(=O)C21. The van der Waals surface area contributed by atoms with Crippen LogP contribution in [0.25, 0.3) is 0 Å². The van der Waals surface area contributed by atoms with E-state index in [9.17, 15) is 18.0 Å². The standard InChI is InChI=1S/C22H26F3N5O/c1-13-6-18(15-7-14-4-2-3-5-17(14)26-8-15)28-19-11-30(21(31)20(13)19)16-9-27-29(10-16)12-22(23,24)25/h2-5,8-9,13-18,20H,6-7,10-12H2,1H3. The third-order valence-electron chi connectivity index (χ3n) is 7.02. The van der Waals surface area contributed by atoms with Crippen LogP contribution in [0.5, 0.6) is 0 Å². The number of halogens is 3. The zero-order valence-corrected chi connectivity index (χ0v) is 17.3. The first kappa shape index (κ1) is 20.5. The number of rotatable bonds is 3. The van der Waals surface area contributed by atoms with Crippen LogP contribution in [0.1, 0.15) is 19.8 Å². The number of likely N-dealkylation sites (tertiary alicyclic amines) is 1. The van der Waals surface area contributed by atoms with Crippen LogP contribution in [0.3, 0.4) is 0 Å². The molecule has 1 saturated heterocycles. The fraction of sp³-hybridized carbons (Fsp3) is 0.636. The fourth-order valence-corrected chi connectivity index (χ4v) is 5.53. The smallest absolute Gasteiger partial charge is 0.327 e. The molecular formula is C22H26F3N5O. The van der Waals surface area contributed by atoms with E-state index in [-0.39, 0.29) is 42.3 Å². The predicted octanol–water partition coefficient (Wildman–Crippen LogP) is 2.73. The Kier molecular flexibility index (Phi) is 5.01. The Hall–Kier alpha value is -2.45. The van der Waals surface area contributed by atoms with E-state index in [1.807, 2.05) is 12.3 Å². The normalized spacial score (nSPS) is 39.2. The van der Waals surface area contributed by atoms with E-state index in [0.717, 1.165) is 23.6 Å². The molecule has 0 N–H and O–H groups in total. The molecule has 166 valence electrons. The molecule has 0 bridgehead atoms. The van der Waals surface area contributed by atoms with E-state index >= 15 is 0 Å². The average molecular weight is 433 g/mol. The summed E-state index contributed by atoms with van der Waals surface area (Å²) < 4.78 is 38.0. The first-order valence-electron chi connectivity index (χ1n) is 10.9. The molecule has 7 atom stereocenters. The first-order chi connectivity index (χ1) is 14.8. The number of hydrazone groups is 1. The highest BCUT2D eigenvalue weighted by molar-refractivity contribution is 6.12. The van der Waals surface area contributed by atoms with Crippen LogP contribution >= 0.6 is 0 Å². The summed E-state index contributed by atoms with van der Waals surface area (Å²) in [4.78, 5) is 24.5. The van der Waals surface area contributed by atoms with Crippen LogP contribution in [0.15, 0.2) is 39.4 Å². The van der Waals surface area contributed by atoms with Crippen molar-refractivity contribution in [2.45, 2.75) is 44.1 Å². The van der Waals surface area contributed by atoms with Gasteiger partial charge < -0.3 is 4.90 Å². The number of hydrogen-bond donors (Lipinski definition) is 0. The van der Waals surface area contributed by atoms with Gasteiger partial charge in [0.05, 0.1) is 37.1 Å². The quantitative estimate of drug-likeness (QED) is 0.687. The van der Waals surface area contributed by atoms with Gasteiger partial charge in [-0.1, -0.05) is 31.2 Å². The van der Waals surface area contributed by atoms with Crippen molar-refractivity contribution in [1.82, 2.24) is 9.91 Å². The van der Waals surface area contributed by atoms with Crippen molar-refractivity contribution in [3.63, 3.8) is 0 Å². The third-order valence-corrected chi connectivity index (χ3v) is 7.02. The molecule has 0 saturated carbocycles. The molecule has 7 unspecified atom stereocenters. The molecular weight excluding hydrogens is 407 g/mol. The van der Waals surface area contributed by atoms with Crippen LogP contribution in [0.2, 0.25) is 0 Å². The van der Waals surface area contributed by atoms with E-state index in [1.54, 1.807) is 4.90 Å². The van der Waals surface area contributed by atoms with E-state index < -0.39 is 18.8 Å². The summed E-state index contributed by atoms with van der Waals surface area (Å²) in [5.41, 5.74) is 0.867. The zero-order valence-electron chi connectivity index (χ0n) is 17.3. The number of nitrogens with zero attached hydrogens (tertiary/aromatic N) is 5. The summed E-state index contributed by atoms with van der Waals surface area (Å²) in [6.07, 6.45) is 9.44. The molecule has 0 spiro atoms. The van der Waals surface area contributed by atoms with Crippen molar-refractivity contribution in [2.75, 3.05) is 19.6 Å². The number of carbonyl (C=O) groups excluding carboxylic acids is 1. The van der Waals surface area contributed by atoms with Crippen molar-refractivity contribution in [3.05, 3.63) is 24.3 Å². The minimum Gasteiger partial charge on any atom is -0.327 e. The second kappa shape index (κ2) is 7.60. The highest BCUT2D eigenvalue weighted by Gasteiger charge is 2.48. The van der Waals surface area contributed by atoms with Gasteiger partial charge in [-0.2, -0.15) is 18.3 Å². The Bertz CT molecular complexity index is 892. The van der Waals surface area contributed by atoms with Crippen molar-refractivity contribution < 1.29 is 18.0 Å². The van der Waals surface area contributed by atoms with E-state index in [0.29, 0.717) is 12.5 Å². The third kappa shape index (κ3) is 3.94. The molecule has 5 aliphatic rings. The molecule has 1 fully saturated rings. The van der Waals surface area contributed by atoms with Gasteiger partial charge in [0.25, 0.3) is 0 Å². The molecule has 31 heavy (non-hydrogen) atoms. The van der Waals surface area contributed by atoms with Gasteiger partial charge in [-0.05, 0) is 18.8 Å². The zero-order chi connectivity index (χ0) is 21.8. The Morgan fingerprint density at radius 3 is 2.74 bits per heavy atom. The molecule has 0 radical (unpaired) electrons. The lowest BCUT2D eigenvalue weighted by Crippen LogP contribution is -2.43. The number of fused-ring (bicyclic) bond motifs is 2. The van der Waals surface area contributed by atoms with Crippen LogP contribution in [-0.2, 0) is 4.79 Å². The maximum absolute atomic E-state index is 13.1. The molecule has 5 rings (SSSR count). The molecule has 1 aliphatic carbocycles. The molecule has 0 aromatic rings. The lowest BCUT2D eigenvalue weighted by Gasteiger charge is -2.36. The van der Waals surface area contributed by atoms with Crippen LogP contribution in [0, 0.1) is 23.7 Å². The van der Waals surface area contributed by atoms with Gasteiger partial charge in [0, 0.05) is 30.0 Å². The molecule has 4 aliphatic heterocycles. The Morgan fingerprint density at radius 2 is 1.94 bits per heavy atom.